The second-order valence-electron chi connectivity index (χ2n) is 6.55. The Morgan fingerprint density at radius 1 is 1.12 bits per heavy atom. The van der Waals surface area contributed by atoms with Gasteiger partial charge in [-0.15, -0.1) is 0 Å². The SMILES string of the molecule is Cc1ccc(COc2c(Cl)cc(Cl)cc2CNC(C)(C)CO)cc1. The van der Waals surface area contributed by atoms with Gasteiger partial charge in [0, 0.05) is 22.7 Å². The van der Waals surface area contributed by atoms with Crippen LogP contribution in [0.15, 0.2) is 36.4 Å². The van der Waals surface area contributed by atoms with Gasteiger partial charge in [-0.25, -0.2) is 0 Å². The first kappa shape index (κ1) is 19.1. The summed E-state index contributed by atoms with van der Waals surface area (Å²) in [5.74, 6) is 0.614. The summed E-state index contributed by atoms with van der Waals surface area (Å²) in [6.45, 7) is 6.85. The lowest BCUT2D eigenvalue weighted by Crippen LogP contribution is -2.42. The molecular formula is C19H23Cl2NO2. The second-order valence-corrected chi connectivity index (χ2v) is 7.39. The first-order valence-electron chi connectivity index (χ1n) is 7.83. The summed E-state index contributed by atoms with van der Waals surface area (Å²) in [6, 6.07) is 11.7. The van der Waals surface area contributed by atoms with Gasteiger partial charge in [0.2, 0.25) is 0 Å². The first-order valence-corrected chi connectivity index (χ1v) is 8.58. The number of aryl methyl sites for hydroxylation is 1. The summed E-state index contributed by atoms with van der Waals surface area (Å²) < 4.78 is 5.95. The predicted molar refractivity (Wildman–Crippen MR) is 100.0 cm³/mol. The van der Waals surface area contributed by atoms with Gasteiger partial charge in [0.05, 0.1) is 11.6 Å². The monoisotopic (exact) mass is 367 g/mol. The van der Waals surface area contributed by atoms with Crippen LogP contribution in [0.4, 0.5) is 0 Å². The molecule has 0 bridgehead atoms. The molecule has 0 saturated carbocycles. The van der Waals surface area contributed by atoms with E-state index in [9.17, 15) is 5.11 Å². The summed E-state index contributed by atoms with van der Waals surface area (Å²) in [6.07, 6.45) is 0. The Morgan fingerprint density at radius 3 is 2.42 bits per heavy atom. The maximum atomic E-state index is 9.38. The predicted octanol–water partition coefficient (Wildman–Crippen LogP) is 4.74. The third-order valence-electron chi connectivity index (χ3n) is 3.74. The maximum absolute atomic E-state index is 9.38. The van der Waals surface area contributed by atoms with E-state index in [2.05, 4.69) is 5.32 Å². The van der Waals surface area contributed by atoms with Crippen molar-refractivity contribution in [1.82, 2.24) is 5.32 Å². The molecule has 0 atom stereocenters. The van der Waals surface area contributed by atoms with Gasteiger partial charge in [0.1, 0.15) is 12.4 Å². The average molecular weight is 368 g/mol. The maximum Gasteiger partial charge on any atom is 0.142 e. The van der Waals surface area contributed by atoms with Crippen LogP contribution in [0.5, 0.6) is 5.75 Å². The van der Waals surface area contributed by atoms with Crippen LogP contribution in [-0.4, -0.2) is 17.3 Å². The van der Waals surface area contributed by atoms with Crippen molar-refractivity contribution in [2.45, 2.75) is 39.5 Å². The quantitative estimate of drug-likeness (QED) is 0.742. The molecule has 0 saturated heterocycles. The molecule has 0 fully saturated rings. The Labute approximate surface area is 153 Å². The van der Waals surface area contributed by atoms with Crippen LogP contribution in [0.3, 0.4) is 0 Å². The highest BCUT2D eigenvalue weighted by atomic mass is 35.5. The topological polar surface area (TPSA) is 41.5 Å². The molecular weight excluding hydrogens is 345 g/mol. The van der Waals surface area contributed by atoms with Gasteiger partial charge in [0.25, 0.3) is 0 Å². The molecule has 2 rings (SSSR count). The highest BCUT2D eigenvalue weighted by molar-refractivity contribution is 6.35. The van der Waals surface area contributed by atoms with Crippen LogP contribution in [0.1, 0.15) is 30.5 Å². The van der Waals surface area contributed by atoms with E-state index < -0.39 is 5.54 Å². The van der Waals surface area contributed by atoms with Gasteiger partial charge in [0.15, 0.2) is 0 Å². The minimum Gasteiger partial charge on any atom is -0.487 e. The zero-order valence-corrected chi connectivity index (χ0v) is 15.7. The van der Waals surface area contributed by atoms with Gasteiger partial charge >= 0.3 is 0 Å². The normalized spacial score (nSPS) is 11.6. The van der Waals surface area contributed by atoms with Crippen molar-refractivity contribution in [3.05, 3.63) is 63.1 Å². The number of halogens is 2. The smallest absolute Gasteiger partial charge is 0.142 e. The number of hydrogen-bond donors (Lipinski definition) is 2. The molecule has 0 aliphatic carbocycles. The molecule has 0 aliphatic heterocycles. The summed E-state index contributed by atoms with van der Waals surface area (Å²) in [5, 5.41) is 13.7. The Hall–Kier alpha value is -1.26. The van der Waals surface area contributed by atoms with Crippen LogP contribution in [0, 0.1) is 6.92 Å². The van der Waals surface area contributed by atoms with E-state index in [1.807, 2.05) is 51.1 Å². The third kappa shape index (κ3) is 5.38. The summed E-state index contributed by atoms with van der Waals surface area (Å²) in [4.78, 5) is 0. The van der Waals surface area contributed by atoms with E-state index in [1.165, 1.54) is 5.56 Å². The lowest BCUT2D eigenvalue weighted by atomic mass is 10.1. The van der Waals surface area contributed by atoms with Gasteiger partial charge in [-0.05, 0) is 38.5 Å². The number of rotatable bonds is 7. The zero-order chi connectivity index (χ0) is 17.7. The van der Waals surface area contributed by atoms with E-state index in [-0.39, 0.29) is 6.61 Å². The highest BCUT2D eigenvalue weighted by Crippen LogP contribution is 2.33. The van der Waals surface area contributed by atoms with E-state index in [0.717, 1.165) is 11.1 Å². The van der Waals surface area contributed by atoms with Crippen LogP contribution in [0.25, 0.3) is 0 Å². The Kier molecular flexibility index (Phi) is 6.53. The molecule has 0 heterocycles. The van der Waals surface area contributed by atoms with Gasteiger partial charge in [-0.1, -0.05) is 53.0 Å². The summed E-state index contributed by atoms with van der Waals surface area (Å²) in [7, 11) is 0. The van der Waals surface area contributed by atoms with Crippen molar-refractivity contribution in [3.63, 3.8) is 0 Å². The molecule has 0 amide bonds. The fourth-order valence-corrected chi connectivity index (χ4v) is 2.73. The minimum atomic E-state index is -0.400. The third-order valence-corrected chi connectivity index (χ3v) is 4.24. The number of ether oxygens (including phenoxy) is 1. The van der Waals surface area contributed by atoms with Crippen LogP contribution >= 0.6 is 23.2 Å². The van der Waals surface area contributed by atoms with Crippen LogP contribution in [-0.2, 0) is 13.2 Å². The molecule has 130 valence electrons. The molecule has 0 aliphatic rings. The molecule has 24 heavy (non-hydrogen) atoms. The van der Waals surface area contributed by atoms with E-state index in [0.29, 0.717) is 28.9 Å². The second kappa shape index (κ2) is 8.21. The molecule has 2 aromatic rings. The number of hydrogen-bond acceptors (Lipinski definition) is 3. The van der Waals surface area contributed by atoms with Gasteiger partial charge in [-0.3, -0.25) is 0 Å². The Morgan fingerprint density at radius 2 is 1.79 bits per heavy atom. The molecule has 2 N–H and O–H groups in total. The lowest BCUT2D eigenvalue weighted by molar-refractivity contribution is 0.186. The highest BCUT2D eigenvalue weighted by Gasteiger charge is 2.18. The minimum absolute atomic E-state index is 0.0286. The van der Waals surface area contributed by atoms with E-state index in [4.69, 9.17) is 27.9 Å². The van der Waals surface area contributed by atoms with Gasteiger partial charge < -0.3 is 15.2 Å². The van der Waals surface area contributed by atoms with Crippen molar-refractivity contribution < 1.29 is 9.84 Å². The molecule has 3 nitrogen and oxygen atoms in total. The number of aliphatic hydroxyl groups is 1. The van der Waals surface area contributed by atoms with E-state index >= 15 is 0 Å². The van der Waals surface area contributed by atoms with Crippen LogP contribution in [0.2, 0.25) is 10.0 Å². The van der Waals surface area contributed by atoms with Crippen molar-refractivity contribution in [2.75, 3.05) is 6.61 Å². The number of aliphatic hydroxyl groups excluding tert-OH is 1. The fraction of sp³-hybridized carbons (Fsp3) is 0.368. The Balaban J connectivity index is 2.16. The van der Waals surface area contributed by atoms with Crippen molar-refractivity contribution in [1.29, 1.82) is 0 Å². The number of nitrogens with one attached hydrogen (secondary N) is 1. The molecule has 0 aromatic heterocycles. The van der Waals surface area contributed by atoms with Gasteiger partial charge in [-0.2, -0.15) is 0 Å². The van der Waals surface area contributed by atoms with Crippen molar-refractivity contribution in [2.24, 2.45) is 0 Å². The molecule has 0 unspecified atom stereocenters. The summed E-state index contributed by atoms with van der Waals surface area (Å²) in [5.41, 5.74) is 2.74. The zero-order valence-electron chi connectivity index (χ0n) is 14.2. The lowest BCUT2D eigenvalue weighted by Gasteiger charge is -2.24. The van der Waals surface area contributed by atoms with Crippen molar-refractivity contribution in [3.8, 4) is 5.75 Å². The fourth-order valence-electron chi connectivity index (χ4n) is 2.14. The standard InChI is InChI=1S/C19H23Cl2NO2/c1-13-4-6-14(7-5-13)11-24-18-15(8-16(20)9-17(18)21)10-22-19(2,3)12-23/h4-9,22-23H,10-12H2,1-3H3. The molecule has 0 spiro atoms. The number of benzene rings is 2. The molecule has 5 heteroatoms. The Bertz CT molecular complexity index is 685. The van der Waals surface area contributed by atoms with Crippen LogP contribution < -0.4 is 10.1 Å². The molecule has 0 radical (unpaired) electrons. The van der Waals surface area contributed by atoms with E-state index in [1.54, 1.807) is 6.07 Å². The summed E-state index contributed by atoms with van der Waals surface area (Å²) >= 11 is 12.4. The van der Waals surface area contributed by atoms with Crippen molar-refractivity contribution >= 4 is 23.2 Å². The first-order chi connectivity index (χ1) is 11.3. The largest absolute Gasteiger partial charge is 0.487 e. The molecule has 2 aromatic carbocycles. The average Bonchev–Trinajstić information content (AvgIpc) is 2.53.